The zero-order chi connectivity index (χ0) is 21.3. The van der Waals surface area contributed by atoms with Crippen molar-refractivity contribution in [2.45, 2.75) is 6.04 Å². The van der Waals surface area contributed by atoms with Gasteiger partial charge in [-0.2, -0.15) is 0 Å². The van der Waals surface area contributed by atoms with Crippen molar-refractivity contribution in [1.82, 2.24) is 20.0 Å². The first kappa shape index (κ1) is 20.1. The van der Waals surface area contributed by atoms with E-state index in [1.165, 1.54) is 21.9 Å². The Morgan fingerprint density at radius 2 is 1.93 bits per heavy atom. The van der Waals surface area contributed by atoms with E-state index < -0.39 is 11.9 Å². The van der Waals surface area contributed by atoms with Gasteiger partial charge in [0.1, 0.15) is 12.4 Å². The van der Waals surface area contributed by atoms with Crippen LogP contribution < -0.4 is 5.32 Å². The summed E-state index contributed by atoms with van der Waals surface area (Å²) in [5, 5.41) is 2.83. The van der Waals surface area contributed by atoms with Gasteiger partial charge in [0.2, 0.25) is 5.91 Å². The first-order chi connectivity index (χ1) is 14.5. The molecule has 30 heavy (non-hydrogen) atoms. The molecule has 1 unspecified atom stereocenters. The van der Waals surface area contributed by atoms with Gasteiger partial charge in [-0.05, 0) is 17.7 Å². The van der Waals surface area contributed by atoms with Crippen LogP contribution >= 0.6 is 0 Å². The minimum atomic E-state index is -0.704. The normalized spacial score (nSPS) is 21.6. The van der Waals surface area contributed by atoms with Crippen molar-refractivity contribution >= 4 is 17.8 Å². The molecule has 0 aromatic heterocycles. The molecule has 158 valence electrons. The molecule has 0 spiro atoms. The van der Waals surface area contributed by atoms with Crippen LogP contribution in [0.1, 0.15) is 11.6 Å². The number of nitrogens with one attached hydrogen (secondary N) is 1. The lowest BCUT2D eigenvalue weighted by atomic mass is 9.95. The number of ether oxygens (including phenoxy) is 1. The standard InChI is InChI=1S/C21H23FN4O4/c1-2-7-26-16-12-25(13-17(27)24-8-10-30-11-9-24)20(28)18(16)19(23-21(26)29)14-3-5-15(22)6-4-14/h2-6,19H,1,7-13H2,(H,23,29). The SMILES string of the molecule is C=CCN1C(=O)NC(c2ccc(F)cc2)C2=C1CN(CC(=O)N1CCOCC1)C2=O. The lowest BCUT2D eigenvalue weighted by molar-refractivity contribution is -0.140. The fourth-order valence-electron chi connectivity index (χ4n) is 3.98. The summed E-state index contributed by atoms with van der Waals surface area (Å²) in [6.07, 6.45) is 1.58. The first-order valence-corrected chi connectivity index (χ1v) is 9.82. The maximum absolute atomic E-state index is 13.4. The highest BCUT2D eigenvalue weighted by Crippen LogP contribution is 2.36. The van der Waals surface area contributed by atoms with E-state index in [4.69, 9.17) is 4.74 Å². The maximum atomic E-state index is 13.4. The number of urea groups is 1. The topological polar surface area (TPSA) is 82.2 Å². The second-order valence-electron chi connectivity index (χ2n) is 7.35. The van der Waals surface area contributed by atoms with Gasteiger partial charge in [0.15, 0.2) is 0 Å². The molecule has 4 amide bonds. The van der Waals surface area contributed by atoms with Gasteiger partial charge in [-0.1, -0.05) is 18.2 Å². The molecule has 0 aliphatic carbocycles. The summed E-state index contributed by atoms with van der Waals surface area (Å²) in [5.74, 6) is -0.867. The molecule has 1 aromatic carbocycles. The number of benzene rings is 1. The van der Waals surface area contributed by atoms with Crippen molar-refractivity contribution in [2.75, 3.05) is 45.9 Å². The van der Waals surface area contributed by atoms with Crippen molar-refractivity contribution in [1.29, 1.82) is 0 Å². The second-order valence-corrected chi connectivity index (χ2v) is 7.35. The van der Waals surface area contributed by atoms with Gasteiger partial charge in [0.25, 0.3) is 5.91 Å². The van der Waals surface area contributed by atoms with E-state index in [0.717, 1.165) is 0 Å². The average molecular weight is 414 g/mol. The number of morpholine rings is 1. The van der Waals surface area contributed by atoms with Gasteiger partial charge >= 0.3 is 6.03 Å². The Labute approximate surface area is 173 Å². The predicted octanol–water partition coefficient (Wildman–Crippen LogP) is 1.03. The molecular weight excluding hydrogens is 391 g/mol. The summed E-state index contributed by atoms with van der Waals surface area (Å²) in [6.45, 7) is 5.95. The zero-order valence-electron chi connectivity index (χ0n) is 16.5. The Hall–Kier alpha value is -3.20. The molecule has 1 saturated heterocycles. The summed E-state index contributed by atoms with van der Waals surface area (Å²) >= 11 is 0. The van der Waals surface area contributed by atoms with E-state index in [1.807, 2.05) is 0 Å². The smallest absolute Gasteiger partial charge is 0.322 e. The number of hydrogen-bond acceptors (Lipinski definition) is 4. The Morgan fingerprint density at radius 3 is 2.60 bits per heavy atom. The number of carbonyl (C=O) groups is 3. The molecule has 0 radical (unpaired) electrons. The maximum Gasteiger partial charge on any atom is 0.322 e. The van der Waals surface area contributed by atoms with Crippen LogP contribution in [0.4, 0.5) is 9.18 Å². The third-order valence-corrected chi connectivity index (χ3v) is 5.50. The molecule has 1 fully saturated rings. The molecule has 9 heteroatoms. The van der Waals surface area contributed by atoms with Crippen LogP contribution in [0.25, 0.3) is 0 Å². The molecule has 1 atom stereocenters. The van der Waals surface area contributed by atoms with E-state index in [-0.39, 0.29) is 37.5 Å². The van der Waals surface area contributed by atoms with E-state index in [9.17, 15) is 18.8 Å². The lowest BCUT2D eigenvalue weighted by Gasteiger charge is -2.33. The summed E-state index contributed by atoms with van der Waals surface area (Å²) < 4.78 is 18.6. The van der Waals surface area contributed by atoms with Crippen molar-refractivity contribution in [3.8, 4) is 0 Å². The van der Waals surface area contributed by atoms with Crippen LogP contribution in [0.5, 0.6) is 0 Å². The van der Waals surface area contributed by atoms with Crippen molar-refractivity contribution in [3.05, 3.63) is 59.6 Å². The van der Waals surface area contributed by atoms with Crippen LogP contribution in [-0.2, 0) is 14.3 Å². The molecule has 3 aliphatic rings. The highest BCUT2D eigenvalue weighted by Gasteiger charge is 2.44. The Morgan fingerprint density at radius 1 is 1.23 bits per heavy atom. The van der Waals surface area contributed by atoms with Gasteiger partial charge in [-0.3, -0.25) is 14.5 Å². The quantitative estimate of drug-likeness (QED) is 0.730. The second kappa shape index (κ2) is 8.27. The molecule has 0 bridgehead atoms. The average Bonchev–Trinajstić information content (AvgIpc) is 3.07. The molecule has 1 N–H and O–H groups in total. The molecule has 8 nitrogen and oxygen atoms in total. The van der Waals surface area contributed by atoms with E-state index in [0.29, 0.717) is 43.1 Å². The summed E-state index contributed by atoms with van der Waals surface area (Å²) in [4.78, 5) is 43.2. The zero-order valence-corrected chi connectivity index (χ0v) is 16.5. The van der Waals surface area contributed by atoms with Gasteiger partial charge in [0.05, 0.1) is 37.1 Å². The van der Waals surface area contributed by atoms with Crippen LogP contribution in [0.15, 0.2) is 48.2 Å². The van der Waals surface area contributed by atoms with Gasteiger partial charge < -0.3 is 19.9 Å². The minimum Gasteiger partial charge on any atom is -0.378 e. The Bertz CT molecular complexity index is 908. The van der Waals surface area contributed by atoms with Crippen LogP contribution in [0.3, 0.4) is 0 Å². The first-order valence-electron chi connectivity index (χ1n) is 9.82. The summed E-state index contributed by atoms with van der Waals surface area (Å²) in [6, 6.07) is 4.60. The Kier molecular flexibility index (Phi) is 5.54. The number of hydrogen-bond donors (Lipinski definition) is 1. The van der Waals surface area contributed by atoms with Crippen molar-refractivity contribution in [2.24, 2.45) is 0 Å². The molecular formula is C21H23FN4O4. The predicted molar refractivity (Wildman–Crippen MR) is 106 cm³/mol. The molecule has 0 saturated carbocycles. The monoisotopic (exact) mass is 414 g/mol. The van der Waals surface area contributed by atoms with Gasteiger partial charge in [0, 0.05) is 19.6 Å². The molecule has 3 heterocycles. The number of nitrogens with zero attached hydrogens (tertiary/aromatic N) is 3. The van der Waals surface area contributed by atoms with E-state index in [2.05, 4.69) is 11.9 Å². The fraction of sp³-hybridized carbons (Fsp3) is 0.381. The minimum absolute atomic E-state index is 0.0713. The highest BCUT2D eigenvalue weighted by molar-refractivity contribution is 6.03. The van der Waals surface area contributed by atoms with E-state index in [1.54, 1.807) is 23.1 Å². The third kappa shape index (κ3) is 3.68. The van der Waals surface area contributed by atoms with E-state index >= 15 is 0 Å². The third-order valence-electron chi connectivity index (χ3n) is 5.50. The highest BCUT2D eigenvalue weighted by atomic mass is 19.1. The van der Waals surface area contributed by atoms with Crippen LogP contribution in [0.2, 0.25) is 0 Å². The summed E-state index contributed by atoms with van der Waals surface area (Å²) in [5.41, 5.74) is 1.55. The van der Waals surface area contributed by atoms with Crippen LogP contribution in [-0.4, -0.2) is 78.5 Å². The molecule has 3 aliphatic heterocycles. The fourth-order valence-corrected chi connectivity index (χ4v) is 3.98. The lowest BCUT2D eigenvalue weighted by Crippen LogP contribution is -2.47. The largest absolute Gasteiger partial charge is 0.378 e. The number of carbonyl (C=O) groups excluding carboxylic acids is 3. The number of halogens is 1. The van der Waals surface area contributed by atoms with Crippen molar-refractivity contribution < 1.29 is 23.5 Å². The van der Waals surface area contributed by atoms with Gasteiger partial charge in [-0.25, -0.2) is 9.18 Å². The molecule has 1 aromatic rings. The summed E-state index contributed by atoms with van der Waals surface area (Å²) in [7, 11) is 0. The number of amides is 4. The molecule has 4 rings (SSSR count). The van der Waals surface area contributed by atoms with Crippen LogP contribution in [0, 0.1) is 5.82 Å². The number of rotatable bonds is 5. The Balaban J connectivity index is 1.61. The van der Waals surface area contributed by atoms with Crippen molar-refractivity contribution in [3.63, 3.8) is 0 Å². The van der Waals surface area contributed by atoms with Gasteiger partial charge in [-0.15, -0.1) is 6.58 Å².